The molecule has 0 radical (unpaired) electrons. The number of nitrogens with zero attached hydrogens (tertiary/aromatic N) is 1. The maximum Gasteiger partial charge on any atom is 0.261 e. The first-order valence-corrected chi connectivity index (χ1v) is 11.7. The Morgan fingerprint density at radius 3 is 2.35 bits per heavy atom. The Balaban J connectivity index is 1.90. The average molecular weight is 499 g/mol. The fourth-order valence-electron chi connectivity index (χ4n) is 3.59. The summed E-state index contributed by atoms with van der Waals surface area (Å²) >= 11 is 12.5. The number of amides is 2. The molecule has 3 aromatic carbocycles. The lowest BCUT2D eigenvalue weighted by molar-refractivity contribution is -0.142. The molecular formula is C27H28Cl2N2O3. The van der Waals surface area contributed by atoms with Gasteiger partial charge in [0, 0.05) is 30.1 Å². The monoisotopic (exact) mass is 498 g/mol. The summed E-state index contributed by atoms with van der Waals surface area (Å²) < 4.78 is 5.81. The van der Waals surface area contributed by atoms with Crippen LogP contribution in [0.2, 0.25) is 10.0 Å². The Hall–Kier alpha value is -3.02. The zero-order valence-electron chi connectivity index (χ0n) is 19.5. The predicted molar refractivity (Wildman–Crippen MR) is 136 cm³/mol. The largest absolute Gasteiger partial charge is 0.484 e. The van der Waals surface area contributed by atoms with Gasteiger partial charge in [-0.2, -0.15) is 0 Å². The van der Waals surface area contributed by atoms with Crippen molar-refractivity contribution in [1.29, 1.82) is 0 Å². The van der Waals surface area contributed by atoms with Gasteiger partial charge in [-0.05, 0) is 60.4 Å². The molecule has 1 N–H and O–H groups in total. The van der Waals surface area contributed by atoms with E-state index >= 15 is 0 Å². The Labute approximate surface area is 210 Å². The van der Waals surface area contributed by atoms with E-state index < -0.39 is 6.04 Å². The normalized spacial score (nSPS) is 11.6. The maximum absolute atomic E-state index is 13.5. The molecule has 0 saturated heterocycles. The Morgan fingerprint density at radius 1 is 0.971 bits per heavy atom. The van der Waals surface area contributed by atoms with E-state index in [9.17, 15) is 9.59 Å². The Kier molecular flexibility index (Phi) is 8.97. The minimum Gasteiger partial charge on any atom is -0.484 e. The topological polar surface area (TPSA) is 58.6 Å². The molecule has 3 rings (SSSR count). The summed E-state index contributed by atoms with van der Waals surface area (Å²) in [6.45, 7) is 3.92. The van der Waals surface area contributed by atoms with Crippen molar-refractivity contribution < 1.29 is 14.3 Å². The minimum absolute atomic E-state index is 0.135. The molecule has 0 aliphatic rings. The molecule has 0 bridgehead atoms. The molecule has 7 heteroatoms. The molecular weight excluding hydrogens is 471 g/mol. The van der Waals surface area contributed by atoms with E-state index in [4.69, 9.17) is 27.9 Å². The summed E-state index contributed by atoms with van der Waals surface area (Å²) in [6.07, 6.45) is 0.348. The van der Waals surface area contributed by atoms with Crippen LogP contribution in [0.1, 0.15) is 22.3 Å². The molecule has 0 aliphatic heterocycles. The van der Waals surface area contributed by atoms with Gasteiger partial charge in [0.15, 0.2) is 6.61 Å². The number of hydrogen-bond acceptors (Lipinski definition) is 3. The third-order valence-electron chi connectivity index (χ3n) is 5.71. The number of aryl methyl sites for hydroxylation is 2. The van der Waals surface area contributed by atoms with Crippen molar-refractivity contribution in [1.82, 2.24) is 10.2 Å². The number of ether oxygens (including phenoxy) is 1. The molecule has 0 spiro atoms. The summed E-state index contributed by atoms with van der Waals surface area (Å²) in [5.41, 5.74) is 3.83. The Bertz CT molecular complexity index is 1150. The van der Waals surface area contributed by atoms with Gasteiger partial charge in [-0.1, -0.05) is 65.7 Å². The minimum atomic E-state index is -0.755. The molecule has 0 heterocycles. The third kappa shape index (κ3) is 6.75. The lowest BCUT2D eigenvalue weighted by Crippen LogP contribution is -2.51. The summed E-state index contributed by atoms with van der Waals surface area (Å²) in [5.74, 6) is 0.00252. The van der Waals surface area contributed by atoms with Crippen molar-refractivity contribution in [3.05, 3.63) is 99.0 Å². The highest BCUT2D eigenvalue weighted by atomic mass is 35.5. The van der Waals surface area contributed by atoms with Crippen molar-refractivity contribution in [2.24, 2.45) is 0 Å². The maximum atomic E-state index is 13.5. The molecule has 178 valence electrons. The van der Waals surface area contributed by atoms with Crippen molar-refractivity contribution in [2.75, 3.05) is 13.7 Å². The second kappa shape index (κ2) is 11.9. The number of halogens is 2. The summed E-state index contributed by atoms with van der Waals surface area (Å²) in [5, 5.41) is 3.61. The van der Waals surface area contributed by atoms with E-state index in [0.717, 1.165) is 16.7 Å². The average Bonchev–Trinajstić information content (AvgIpc) is 2.83. The van der Waals surface area contributed by atoms with E-state index in [1.807, 2.05) is 62.4 Å². The van der Waals surface area contributed by atoms with Crippen LogP contribution in [0, 0.1) is 13.8 Å². The molecule has 3 aromatic rings. The van der Waals surface area contributed by atoms with Crippen LogP contribution in [0.5, 0.6) is 5.75 Å². The van der Waals surface area contributed by atoms with Gasteiger partial charge in [0.1, 0.15) is 11.8 Å². The molecule has 1 atom stereocenters. The third-order valence-corrected chi connectivity index (χ3v) is 6.30. The highest BCUT2D eigenvalue weighted by Crippen LogP contribution is 2.24. The molecule has 2 amide bonds. The summed E-state index contributed by atoms with van der Waals surface area (Å²) in [4.78, 5) is 27.9. The fourth-order valence-corrected chi connectivity index (χ4v) is 4.05. The number of hydrogen-bond donors (Lipinski definition) is 1. The van der Waals surface area contributed by atoms with Crippen molar-refractivity contribution in [3.8, 4) is 5.75 Å². The van der Waals surface area contributed by atoms with Gasteiger partial charge in [0.05, 0.1) is 0 Å². The summed E-state index contributed by atoms with van der Waals surface area (Å²) in [7, 11) is 1.56. The van der Waals surface area contributed by atoms with Crippen molar-refractivity contribution in [3.63, 3.8) is 0 Å². The van der Waals surface area contributed by atoms with E-state index in [-0.39, 0.29) is 25.0 Å². The number of likely N-dealkylation sites (N-methyl/N-ethyl adjacent to an activating group) is 1. The second-order valence-electron chi connectivity index (χ2n) is 8.11. The molecule has 5 nitrogen and oxygen atoms in total. The number of benzene rings is 3. The smallest absolute Gasteiger partial charge is 0.261 e. The molecule has 0 aliphatic carbocycles. The molecule has 0 fully saturated rings. The van der Waals surface area contributed by atoms with Crippen LogP contribution in [0.15, 0.2) is 66.7 Å². The zero-order chi connectivity index (χ0) is 24.7. The number of nitrogens with one attached hydrogen (secondary N) is 1. The highest BCUT2D eigenvalue weighted by Gasteiger charge is 2.30. The van der Waals surface area contributed by atoms with Gasteiger partial charge in [0.25, 0.3) is 5.91 Å². The predicted octanol–water partition coefficient (Wildman–Crippen LogP) is 5.38. The van der Waals surface area contributed by atoms with E-state index in [1.165, 1.54) is 4.90 Å². The molecule has 34 heavy (non-hydrogen) atoms. The SMILES string of the molecule is CNC(=O)[C@H](Cc1ccccc1)N(Cc1ccc(Cl)cc1Cl)C(=O)COc1ccc(C)c(C)c1. The second-order valence-corrected chi connectivity index (χ2v) is 8.96. The van der Waals surface area contributed by atoms with Gasteiger partial charge < -0.3 is 15.0 Å². The van der Waals surface area contributed by atoms with Gasteiger partial charge in [-0.25, -0.2) is 0 Å². The van der Waals surface area contributed by atoms with E-state index in [0.29, 0.717) is 27.8 Å². The van der Waals surface area contributed by atoms with Gasteiger partial charge in [-0.15, -0.1) is 0 Å². The molecule has 0 unspecified atom stereocenters. The quantitative estimate of drug-likeness (QED) is 0.431. The van der Waals surface area contributed by atoms with E-state index in [1.54, 1.807) is 25.2 Å². The van der Waals surface area contributed by atoms with Crippen LogP contribution in [-0.4, -0.2) is 36.4 Å². The standard InChI is InChI=1S/C27H28Cl2N2O3/c1-18-9-12-23(13-19(18)2)34-17-26(32)31(16-21-10-11-22(28)15-24(21)29)25(27(33)30-3)14-20-7-5-4-6-8-20/h4-13,15,25H,14,16-17H2,1-3H3,(H,30,33)/t25-/m0/s1. The first kappa shape index (κ1) is 25.6. The van der Waals surface area contributed by atoms with Crippen molar-refractivity contribution in [2.45, 2.75) is 32.9 Å². The summed E-state index contributed by atoms with van der Waals surface area (Å²) in [6, 6.07) is 19.6. The van der Waals surface area contributed by atoms with Crippen molar-refractivity contribution >= 4 is 35.0 Å². The van der Waals surface area contributed by atoms with E-state index in [2.05, 4.69) is 5.32 Å². The van der Waals surface area contributed by atoms with Crippen LogP contribution in [0.25, 0.3) is 0 Å². The molecule has 0 saturated carbocycles. The number of rotatable bonds is 9. The van der Waals surface area contributed by atoms with Gasteiger partial charge in [-0.3, -0.25) is 9.59 Å². The zero-order valence-corrected chi connectivity index (χ0v) is 21.0. The van der Waals surface area contributed by atoms with Gasteiger partial charge in [0.2, 0.25) is 5.91 Å². The first-order valence-electron chi connectivity index (χ1n) is 11.0. The van der Waals surface area contributed by atoms with Gasteiger partial charge >= 0.3 is 0 Å². The van der Waals surface area contributed by atoms with Crippen LogP contribution >= 0.6 is 23.2 Å². The van der Waals surface area contributed by atoms with Crippen LogP contribution in [0.3, 0.4) is 0 Å². The van der Waals surface area contributed by atoms with Crippen LogP contribution < -0.4 is 10.1 Å². The lowest BCUT2D eigenvalue weighted by Gasteiger charge is -2.31. The lowest BCUT2D eigenvalue weighted by atomic mass is 10.0. The Morgan fingerprint density at radius 2 is 1.71 bits per heavy atom. The molecule has 0 aromatic heterocycles. The highest BCUT2D eigenvalue weighted by molar-refractivity contribution is 6.35. The van der Waals surface area contributed by atoms with Crippen LogP contribution in [-0.2, 0) is 22.6 Å². The fraction of sp³-hybridized carbons (Fsp3) is 0.259. The van der Waals surface area contributed by atoms with Crippen LogP contribution in [0.4, 0.5) is 0 Å². The first-order chi connectivity index (χ1) is 16.3. The number of carbonyl (C=O) groups excluding carboxylic acids is 2. The number of carbonyl (C=O) groups is 2.